The van der Waals surface area contributed by atoms with Crippen molar-refractivity contribution in [1.82, 2.24) is 0 Å². The van der Waals surface area contributed by atoms with Gasteiger partial charge in [-0.3, -0.25) is 0 Å². The Morgan fingerprint density at radius 3 is 1.00 bits per heavy atom. The normalized spacial score (nSPS) is 0. The van der Waals surface area contributed by atoms with Gasteiger partial charge < -0.3 is 16.7 Å². The zero-order valence-electron chi connectivity index (χ0n) is 6.90. The predicted molar refractivity (Wildman–Crippen MR) is 23.6 cm³/mol. The van der Waals surface area contributed by atoms with Crippen LogP contribution in [0.1, 0.15) is 4.28 Å². The van der Waals surface area contributed by atoms with Crippen molar-refractivity contribution < 1.29 is 86.9 Å². The second-order valence-corrected chi connectivity index (χ2v) is 0. The first-order chi connectivity index (χ1) is 0. The van der Waals surface area contributed by atoms with Crippen LogP contribution in [-0.2, 0) is 0 Å². The molecule has 0 aliphatic heterocycles. The number of halogens is 3. The van der Waals surface area contributed by atoms with Crippen molar-refractivity contribution in [2.24, 2.45) is 0 Å². The molecule has 0 rings (SSSR count). The summed E-state index contributed by atoms with van der Waals surface area (Å²) in [5.74, 6) is 0. The van der Waals surface area contributed by atoms with Crippen molar-refractivity contribution in [2.45, 2.75) is 0 Å². The quantitative estimate of drug-likeness (QED) is 0.339. The van der Waals surface area contributed by atoms with Crippen LogP contribution in [0.15, 0.2) is 0 Å². The maximum absolute atomic E-state index is 0. The summed E-state index contributed by atoms with van der Waals surface area (Å²) in [6.07, 6.45) is 0. The summed E-state index contributed by atoms with van der Waals surface area (Å²) in [5.41, 5.74) is 0. The maximum Gasteiger partial charge on any atom is 2.00 e. The van der Waals surface area contributed by atoms with Crippen molar-refractivity contribution in [2.75, 3.05) is 0 Å². The van der Waals surface area contributed by atoms with Gasteiger partial charge in [0.15, 0.2) is 0 Å². The molecule has 0 saturated heterocycles. The SMILES string of the molecule is Cl.Cl.[Ca+2].[Cl-].[H-].[H-].[H-].[K+].[Li+]. The Kier molecular flexibility index (Phi) is 274. The molecule has 0 aromatic rings. The van der Waals surface area contributed by atoms with Crippen LogP contribution in [0.25, 0.3) is 0 Å². The van der Waals surface area contributed by atoms with Gasteiger partial charge in [-0.2, -0.15) is 0 Å². The summed E-state index contributed by atoms with van der Waals surface area (Å²) in [7, 11) is 0. The van der Waals surface area contributed by atoms with Crippen molar-refractivity contribution >= 4 is 62.6 Å². The van der Waals surface area contributed by atoms with Gasteiger partial charge in [-0.05, 0) is 0 Å². The van der Waals surface area contributed by atoms with Crippen LogP contribution in [0.3, 0.4) is 0 Å². The predicted octanol–water partition coefficient (Wildman–Crippen LogP) is -8.19. The Morgan fingerprint density at radius 1 is 1.00 bits per heavy atom. The molecule has 0 saturated carbocycles. The molecule has 30 valence electrons. The molecule has 0 bridgehead atoms. The molecule has 0 aliphatic carbocycles. The Bertz CT molecular complexity index is 19.0. The first-order valence-corrected chi connectivity index (χ1v) is 0. The van der Waals surface area contributed by atoms with Crippen LogP contribution in [-0.4, -0.2) is 37.7 Å². The van der Waals surface area contributed by atoms with E-state index in [1.54, 1.807) is 0 Å². The van der Waals surface area contributed by atoms with E-state index in [0.717, 1.165) is 0 Å². The molecule has 0 spiro atoms. The van der Waals surface area contributed by atoms with Crippen LogP contribution in [0.5, 0.6) is 0 Å². The van der Waals surface area contributed by atoms with Crippen LogP contribution in [0, 0.1) is 0 Å². The third-order valence-electron chi connectivity index (χ3n) is 0. The van der Waals surface area contributed by atoms with Crippen molar-refractivity contribution in [3.05, 3.63) is 0 Å². The Hall–Kier alpha value is 4.36. The molecule has 0 nitrogen and oxygen atoms in total. The van der Waals surface area contributed by atoms with E-state index in [1.165, 1.54) is 0 Å². The van der Waals surface area contributed by atoms with E-state index in [0.29, 0.717) is 0 Å². The minimum atomic E-state index is 0. The summed E-state index contributed by atoms with van der Waals surface area (Å²) >= 11 is 0. The monoisotopic (exact) mass is 196 g/mol. The van der Waals surface area contributed by atoms with Crippen LogP contribution >= 0.6 is 24.8 Å². The molecule has 0 aromatic heterocycles. The standard InChI is InChI=1S/Ca.3ClH.K.Li.3H/h;3*1H;;;;;/q+2;;;;2*+1;3*-1/p-1. The molecule has 0 aromatic carbocycles. The second-order valence-electron chi connectivity index (χ2n) is 0. The fourth-order valence-electron chi connectivity index (χ4n) is 0. The molecule has 0 radical (unpaired) electrons. The van der Waals surface area contributed by atoms with Gasteiger partial charge in [-0.25, -0.2) is 0 Å². The van der Waals surface area contributed by atoms with Crippen LogP contribution in [0.4, 0.5) is 0 Å². The van der Waals surface area contributed by atoms with Gasteiger partial charge in [0.2, 0.25) is 0 Å². The van der Waals surface area contributed by atoms with Crippen LogP contribution < -0.4 is 82.7 Å². The Morgan fingerprint density at radius 2 is 1.00 bits per heavy atom. The summed E-state index contributed by atoms with van der Waals surface area (Å²) in [6, 6.07) is 0. The van der Waals surface area contributed by atoms with Gasteiger partial charge in [0, 0.05) is 0 Å². The van der Waals surface area contributed by atoms with E-state index in [9.17, 15) is 0 Å². The zero-order chi connectivity index (χ0) is 0. The van der Waals surface area contributed by atoms with Crippen molar-refractivity contribution in [1.29, 1.82) is 0 Å². The van der Waals surface area contributed by atoms with Gasteiger partial charge in [-0.1, -0.05) is 0 Å². The van der Waals surface area contributed by atoms with Gasteiger partial charge in [0.25, 0.3) is 0 Å². The number of rotatable bonds is 0. The van der Waals surface area contributed by atoms with Gasteiger partial charge in [-0.15, -0.1) is 24.8 Å². The minimum Gasteiger partial charge on any atom is -1.00 e. The topological polar surface area (TPSA) is 0 Å². The number of hydrogen-bond acceptors (Lipinski definition) is 0. The minimum absolute atomic E-state index is 0. The molecule has 0 aliphatic rings. The first-order valence-electron chi connectivity index (χ1n) is 0. The fourth-order valence-corrected chi connectivity index (χ4v) is 0. The molecule has 0 N–H and O–H groups in total. The summed E-state index contributed by atoms with van der Waals surface area (Å²) < 4.78 is 0. The van der Waals surface area contributed by atoms with Crippen molar-refractivity contribution in [3.8, 4) is 0 Å². The van der Waals surface area contributed by atoms with Crippen LogP contribution in [0.2, 0.25) is 0 Å². The molecular formula is H5CaCl3KLi. The first kappa shape index (κ1) is 47.7. The van der Waals surface area contributed by atoms with E-state index in [2.05, 4.69) is 0 Å². The van der Waals surface area contributed by atoms with Gasteiger partial charge in [0.1, 0.15) is 0 Å². The average molecular weight is 198 g/mol. The average Bonchev–Trinajstić information content (AvgIpc) is 0. The Labute approximate surface area is 146 Å². The second kappa shape index (κ2) is 34.4. The molecule has 0 amide bonds. The molecule has 0 atom stereocenters. The molecule has 6 heavy (non-hydrogen) atoms. The molecule has 0 heterocycles. The molecular weight excluding hydrogens is 192 g/mol. The number of hydrogen-bond donors (Lipinski definition) is 0. The third kappa shape index (κ3) is 23.8. The summed E-state index contributed by atoms with van der Waals surface area (Å²) in [5, 5.41) is 0. The summed E-state index contributed by atoms with van der Waals surface area (Å²) in [6.45, 7) is 0. The van der Waals surface area contributed by atoms with Gasteiger partial charge >= 0.3 is 108 Å². The molecule has 0 unspecified atom stereocenters. The van der Waals surface area contributed by atoms with E-state index < -0.39 is 0 Å². The fraction of sp³-hybridized carbons (Fsp3) is 0. The maximum atomic E-state index is 0. The molecule has 0 fully saturated rings. The largest absolute Gasteiger partial charge is 2.00 e. The smallest absolute Gasteiger partial charge is 1.00 e. The van der Waals surface area contributed by atoms with E-state index in [4.69, 9.17) is 0 Å². The zero-order valence-corrected chi connectivity index (χ0v) is 11.6. The molecule has 6 heteroatoms. The van der Waals surface area contributed by atoms with E-state index >= 15 is 0 Å². The van der Waals surface area contributed by atoms with E-state index in [-0.39, 0.29) is 149 Å². The van der Waals surface area contributed by atoms with E-state index in [1.807, 2.05) is 0 Å². The summed E-state index contributed by atoms with van der Waals surface area (Å²) in [4.78, 5) is 0. The Balaban J connectivity index is 0. The van der Waals surface area contributed by atoms with Crippen molar-refractivity contribution in [3.63, 3.8) is 0 Å². The van der Waals surface area contributed by atoms with Gasteiger partial charge in [0.05, 0.1) is 0 Å². The third-order valence-corrected chi connectivity index (χ3v) is 0.